The van der Waals surface area contributed by atoms with Crippen LogP contribution in [-0.2, 0) is 8.85 Å². The van der Waals surface area contributed by atoms with Gasteiger partial charge in [0.05, 0.1) is 0 Å². The first-order valence-electron chi connectivity index (χ1n) is 5.53. The van der Waals surface area contributed by atoms with Crippen LogP contribution in [0.2, 0.25) is 6.04 Å². The smallest absolute Gasteiger partial charge is 0.372 e. The van der Waals surface area contributed by atoms with E-state index in [1.807, 2.05) is 25.1 Å². The van der Waals surface area contributed by atoms with Gasteiger partial charge in [0.1, 0.15) is 0 Å². The minimum Gasteiger partial charge on any atom is -0.394 e. The second-order valence-electron chi connectivity index (χ2n) is 3.51. The lowest BCUT2D eigenvalue weighted by atomic mass is 10.4. The average Bonchev–Trinajstić information content (AvgIpc) is 2.30. The second kappa shape index (κ2) is 6.05. The Morgan fingerprint density at radius 3 is 2.27 bits per heavy atom. The van der Waals surface area contributed by atoms with Gasteiger partial charge in [-0.15, -0.1) is 0 Å². The summed E-state index contributed by atoms with van der Waals surface area (Å²) in [6, 6.07) is 11.4. The molecule has 1 aromatic rings. The molecule has 84 valence electrons. The lowest BCUT2D eigenvalue weighted by Crippen LogP contribution is -2.52. The lowest BCUT2D eigenvalue weighted by molar-refractivity contribution is 0.222. The topological polar surface area (TPSA) is 18.5 Å². The Morgan fingerprint density at radius 2 is 1.80 bits per heavy atom. The van der Waals surface area contributed by atoms with Gasteiger partial charge in [-0.1, -0.05) is 43.7 Å². The highest BCUT2D eigenvalue weighted by Crippen LogP contribution is 2.15. The molecule has 0 aromatic heterocycles. The van der Waals surface area contributed by atoms with E-state index in [1.165, 1.54) is 5.19 Å². The van der Waals surface area contributed by atoms with Crippen LogP contribution < -0.4 is 5.19 Å². The largest absolute Gasteiger partial charge is 0.394 e. The summed E-state index contributed by atoms with van der Waals surface area (Å²) in [5.41, 5.74) is 0. The van der Waals surface area contributed by atoms with Gasteiger partial charge < -0.3 is 8.85 Å². The quantitative estimate of drug-likeness (QED) is 0.691. The first kappa shape index (κ1) is 12.4. The lowest BCUT2D eigenvalue weighted by Gasteiger charge is -2.28. The van der Waals surface area contributed by atoms with Crippen molar-refractivity contribution < 1.29 is 8.85 Å². The molecule has 0 aliphatic carbocycles. The van der Waals surface area contributed by atoms with Crippen molar-refractivity contribution in [2.75, 3.05) is 13.7 Å². The van der Waals surface area contributed by atoms with Crippen LogP contribution in [0.3, 0.4) is 0 Å². The van der Waals surface area contributed by atoms with Crippen LogP contribution >= 0.6 is 0 Å². The molecule has 0 fully saturated rings. The molecule has 0 spiro atoms. The van der Waals surface area contributed by atoms with E-state index in [1.54, 1.807) is 7.11 Å². The van der Waals surface area contributed by atoms with Crippen molar-refractivity contribution in [2.24, 2.45) is 0 Å². The first-order chi connectivity index (χ1) is 7.29. The Bertz CT molecular complexity index is 268. The molecule has 0 heterocycles. The summed E-state index contributed by atoms with van der Waals surface area (Å²) in [6.45, 7) is 4.91. The molecule has 1 unspecified atom stereocenters. The molecule has 15 heavy (non-hydrogen) atoms. The molecular weight excluding hydrogens is 204 g/mol. The van der Waals surface area contributed by atoms with E-state index in [0.717, 1.165) is 19.1 Å². The van der Waals surface area contributed by atoms with Crippen LogP contribution in [0.1, 0.15) is 20.3 Å². The molecule has 0 saturated heterocycles. The number of hydrogen-bond donors (Lipinski definition) is 0. The van der Waals surface area contributed by atoms with Crippen LogP contribution in [0.4, 0.5) is 0 Å². The molecule has 0 bridgehead atoms. The van der Waals surface area contributed by atoms with E-state index in [2.05, 4.69) is 19.1 Å². The van der Waals surface area contributed by atoms with Crippen LogP contribution in [0.25, 0.3) is 0 Å². The fraction of sp³-hybridized carbons (Fsp3) is 0.500. The van der Waals surface area contributed by atoms with Crippen LogP contribution in [-0.4, -0.2) is 22.3 Å². The highest BCUT2D eigenvalue weighted by Gasteiger charge is 2.37. The summed E-state index contributed by atoms with van der Waals surface area (Å²) in [4.78, 5) is 0. The van der Waals surface area contributed by atoms with Gasteiger partial charge in [0.25, 0.3) is 0 Å². The normalized spacial score (nSPS) is 14.9. The van der Waals surface area contributed by atoms with Gasteiger partial charge in [-0.2, -0.15) is 0 Å². The maximum atomic E-state index is 5.92. The second-order valence-corrected chi connectivity index (χ2v) is 6.79. The maximum absolute atomic E-state index is 5.92. The minimum absolute atomic E-state index is 0.717. The predicted octanol–water partition coefficient (Wildman–Crippen LogP) is 2.43. The molecule has 0 aliphatic heterocycles. The van der Waals surface area contributed by atoms with Gasteiger partial charge in [0.15, 0.2) is 0 Å². The average molecular weight is 224 g/mol. The monoisotopic (exact) mass is 224 g/mol. The zero-order chi connectivity index (χ0) is 11.1. The summed E-state index contributed by atoms with van der Waals surface area (Å²) in [6.07, 6.45) is 1.09. The Labute approximate surface area is 93.5 Å². The van der Waals surface area contributed by atoms with E-state index >= 15 is 0 Å². The molecule has 2 nitrogen and oxygen atoms in total. The van der Waals surface area contributed by atoms with Crippen molar-refractivity contribution in [1.29, 1.82) is 0 Å². The van der Waals surface area contributed by atoms with E-state index in [0.29, 0.717) is 0 Å². The van der Waals surface area contributed by atoms with E-state index in [-0.39, 0.29) is 0 Å². The molecule has 0 N–H and O–H groups in total. The third-order valence-electron chi connectivity index (χ3n) is 2.50. The highest BCUT2D eigenvalue weighted by molar-refractivity contribution is 6.81. The van der Waals surface area contributed by atoms with Gasteiger partial charge >= 0.3 is 8.56 Å². The summed E-state index contributed by atoms with van der Waals surface area (Å²) in [7, 11) is -0.377. The van der Waals surface area contributed by atoms with Crippen LogP contribution in [0.15, 0.2) is 30.3 Å². The molecule has 1 aromatic carbocycles. The zero-order valence-corrected chi connectivity index (χ0v) is 10.8. The Balaban J connectivity index is 2.97. The molecule has 1 rings (SSSR count). The van der Waals surface area contributed by atoms with Crippen molar-refractivity contribution in [3.63, 3.8) is 0 Å². The van der Waals surface area contributed by atoms with Gasteiger partial charge in [0.2, 0.25) is 0 Å². The van der Waals surface area contributed by atoms with Crippen molar-refractivity contribution in [2.45, 2.75) is 26.3 Å². The van der Waals surface area contributed by atoms with Crippen LogP contribution in [0.5, 0.6) is 0 Å². The molecule has 0 saturated carbocycles. The fourth-order valence-corrected chi connectivity index (χ4v) is 4.82. The van der Waals surface area contributed by atoms with Crippen LogP contribution in [0, 0.1) is 0 Å². The van der Waals surface area contributed by atoms with E-state index < -0.39 is 8.56 Å². The highest BCUT2D eigenvalue weighted by atomic mass is 28.4. The van der Waals surface area contributed by atoms with Crippen molar-refractivity contribution in [3.05, 3.63) is 30.3 Å². The fourth-order valence-electron chi connectivity index (χ4n) is 1.83. The summed E-state index contributed by atoms with van der Waals surface area (Å²) >= 11 is 0. The number of benzene rings is 1. The number of hydrogen-bond acceptors (Lipinski definition) is 2. The van der Waals surface area contributed by atoms with Crippen molar-refractivity contribution in [3.8, 4) is 0 Å². The molecule has 0 amide bonds. The molecular formula is C12H20O2Si. The van der Waals surface area contributed by atoms with E-state index in [9.17, 15) is 0 Å². The molecule has 3 heteroatoms. The summed E-state index contributed by atoms with van der Waals surface area (Å²) in [5.74, 6) is 0. The van der Waals surface area contributed by atoms with E-state index in [4.69, 9.17) is 8.85 Å². The van der Waals surface area contributed by atoms with Gasteiger partial charge in [-0.3, -0.25) is 0 Å². The maximum Gasteiger partial charge on any atom is 0.372 e. The minimum atomic E-state index is -2.15. The first-order valence-corrected chi connectivity index (χ1v) is 7.56. The van der Waals surface area contributed by atoms with Crippen molar-refractivity contribution >= 4 is 13.7 Å². The zero-order valence-electron chi connectivity index (χ0n) is 9.82. The third kappa shape index (κ3) is 2.90. The third-order valence-corrected chi connectivity index (χ3v) is 6.29. The Hall–Kier alpha value is -0.643. The Kier molecular flexibility index (Phi) is 5.01. The molecule has 0 radical (unpaired) electrons. The Morgan fingerprint density at radius 1 is 1.13 bits per heavy atom. The van der Waals surface area contributed by atoms with Gasteiger partial charge in [0, 0.05) is 13.7 Å². The molecule has 1 atom stereocenters. The van der Waals surface area contributed by atoms with Gasteiger partial charge in [-0.05, 0) is 18.2 Å². The summed E-state index contributed by atoms with van der Waals surface area (Å²) < 4.78 is 11.6. The SMILES string of the molecule is CCC[Si](OC)(OCC)c1ccccc1. The summed E-state index contributed by atoms with van der Waals surface area (Å²) in [5, 5.41) is 1.23. The predicted molar refractivity (Wildman–Crippen MR) is 65.6 cm³/mol. The standard InChI is InChI=1S/C12H20O2Si/c1-4-11-15(13-3,14-5-2)12-9-7-6-8-10-12/h6-10H,4-5,11H2,1-3H3. The van der Waals surface area contributed by atoms with Crippen molar-refractivity contribution in [1.82, 2.24) is 0 Å². The molecule has 0 aliphatic rings. The number of rotatable bonds is 6. The van der Waals surface area contributed by atoms with Gasteiger partial charge in [-0.25, -0.2) is 0 Å².